The topological polar surface area (TPSA) is 64.0 Å². The number of hydrogen-bond donors (Lipinski definition) is 1. The molecule has 1 aromatic heterocycles. The Morgan fingerprint density at radius 1 is 1.17 bits per heavy atom. The average molecular weight is 315 g/mol. The van der Waals surface area contributed by atoms with E-state index < -0.39 is 0 Å². The molecular weight excluding hydrogens is 290 g/mol. The summed E-state index contributed by atoms with van der Waals surface area (Å²) < 4.78 is 1.22. The fourth-order valence-corrected chi connectivity index (χ4v) is 2.66. The van der Waals surface area contributed by atoms with Crippen LogP contribution in [-0.4, -0.2) is 21.7 Å². The molecule has 2 rings (SSSR count). The second-order valence-corrected chi connectivity index (χ2v) is 6.52. The van der Waals surface area contributed by atoms with E-state index in [0.29, 0.717) is 22.4 Å². The maximum Gasteiger partial charge on any atom is 0.274 e. The quantitative estimate of drug-likeness (QED) is 0.891. The Bertz CT molecular complexity index is 750. The number of nitrogens with zero attached hydrogens (tertiary/aromatic N) is 2. The Morgan fingerprint density at radius 3 is 2.48 bits per heavy atom. The zero-order chi connectivity index (χ0) is 17.0. The van der Waals surface area contributed by atoms with Crippen molar-refractivity contribution in [3.8, 4) is 0 Å². The third-order valence-electron chi connectivity index (χ3n) is 3.97. The van der Waals surface area contributed by atoms with Gasteiger partial charge in [-0.3, -0.25) is 9.59 Å². The van der Waals surface area contributed by atoms with E-state index >= 15 is 0 Å². The second-order valence-electron chi connectivity index (χ2n) is 6.52. The Labute approximate surface area is 136 Å². The molecule has 0 aliphatic heterocycles. The molecule has 1 atom stereocenters. The lowest BCUT2D eigenvalue weighted by Crippen LogP contribution is -2.35. The molecule has 0 radical (unpaired) electrons. The van der Waals surface area contributed by atoms with Crippen molar-refractivity contribution in [2.75, 3.05) is 0 Å². The van der Waals surface area contributed by atoms with Crippen molar-refractivity contribution in [3.63, 3.8) is 0 Å². The van der Waals surface area contributed by atoms with Crippen LogP contribution >= 0.6 is 0 Å². The summed E-state index contributed by atoms with van der Waals surface area (Å²) in [6.45, 7) is 6.40. The zero-order valence-electron chi connectivity index (χ0n) is 14.3. The molecule has 1 N–H and O–H groups in total. The molecule has 0 fully saturated rings. The molecule has 0 aliphatic rings. The summed E-state index contributed by atoms with van der Waals surface area (Å²) >= 11 is 0. The number of hydrogen-bond acceptors (Lipinski definition) is 3. The van der Waals surface area contributed by atoms with E-state index in [2.05, 4.69) is 24.3 Å². The summed E-state index contributed by atoms with van der Waals surface area (Å²) in [7, 11) is 1.57. The Balaban J connectivity index is 2.18. The van der Waals surface area contributed by atoms with Crippen LogP contribution in [-0.2, 0) is 7.05 Å². The number of carbonyl (C=O) groups excluding carboxylic acids is 1. The Morgan fingerprint density at radius 2 is 1.83 bits per heavy atom. The van der Waals surface area contributed by atoms with Gasteiger partial charge in [0.05, 0.1) is 5.39 Å². The van der Waals surface area contributed by atoms with E-state index in [1.54, 1.807) is 25.2 Å². The molecule has 0 aliphatic carbocycles. The summed E-state index contributed by atoms with van der Waals surface area (Å²) in [5.41, 5.74) is 0.112. The highest BCUT2D eigenvalue weighted by Gasteiger charge is 2.17. The lowest BCUT2D eigenvalue weighted by molar-refractivity contribution is 0.0932. The van der Waals surface area contributed by atoms with Crippen LogP contribution in [0, 0.1) is 5.92 Å². The van der Waals surface area contributed by atoms with E-state index in [0.717, 1.165) is 19.3 Å². The van der Waals surface area contributed by atoms with Gasteiger partial charge in [0.2, 0.25) is 0 Å². The minimum Gasteiger partial charge on any atom is -0.348 e. The van der Waals surface area contributed by atoms with Gasteiger partial charge in [0.1, 0.15) is 0 Å². The van der Waals surface area contributed by atoms with Crippen molar-refractivity contribution in [1.29, 1.82) is 0 Å². The number of benzene rings is 1. The van der Waals surface area contributed by atoms with Crippen molar-refractivity contribution >= 4 is 16.7 Å². The third-order valence-corrected chi connectivity index (χ3v) is 3.97. The standard InChI is InChI=1S/C18H25N3O2/c1-12(2)8-7-9-13(3)19-17(22)16-14-10-5-6-11-15(14)18(23)21(4)20-16/h5-6,10-13H,7-9H2,1-4H3,(H,19,22)/t13-/m0/s1. The number of aryl methyl sites for hydroxylation is 1. The van der Waals surface area contributed by atoms with Crippen LogP contribution in [0.5, 0.6) is 0 Å². The van der Waals surface area contributed by atoms with Crippen molar-refractivity contribution in [1.82, 2.24) is 15.1 Å². The molecule has 2 aromatic rings. The first-order valence-corrected chi connectivity index (χ1v) is 8.17. The van der Waals surface area contributed by atoms with Crippen LogP contribution in [0.25, 0.3) is 10.8 Å². The van der Waals surface area contributed by atoms with E-state index in [4.69, 9.17) is 0 Å². The molecule has 5 nitrogen and oxygen atoms in total. The summed E-state index contributed by atoms with van der Waals surface area (Å²) in [5, 5.41) is 8.26. The van der Waals surface area contributed by atoms with Crippen LogP contribution < -0.4 is 10.9 Å². The summed E-state index contributed by atoms with van der Waals surface area (Å²) in [4.78, 5) is 24.6. The van der Waals surface area contributed by atoms with Crippen LogP contribution in [0.1, 0.15) is 50.5 Å². The molecule has 0 saturated carbocycles. The lowest BCUT2D eigenvalue weighted by atomic mass is 10.0. The largest absolute Gasteiger partial charge is 0.348 e. The molecule has 0 saturated heterocycles. The lowest BCUT2D eigenvalue weighted by Gasteiger charge is -2.15. The van der Waals surface area contributed by atoms with Crippen LogP contribution in [0.2, 0.25) is 0 Å². The first kappa shape index (κ1) is 17.2. The highest BCUT2D eigenvalue weighted by atomic mass is 16.2. The molecule has 1 heterocycles. The van der Waals surface area contributed by atoms with Gasteiger partial charge in [-0.2, -0.15) is 5.10 Å². The van der Waals surface area contributed by atoms with Gasteiger partial charge in [-0.1, -0.05) is 44.9 Å². The predicted octanol–water partition coefficient (Wildman–Crippen LogP) is 2.88. The number of rotatable bonds is 6. The third kappa shape index (κ3) is 4.18. The minimum atomic E-state index is -0.228. The van der Waals surface area contributed by atoms with E-state index in [1.165, 1.54) is 4.68 Å². The van der Waals surface area contributed by atoms with E-state index in [9.17, 15) is 9.59 Å². The zero-order valence-corrected chi connectivity index (χ0v) is 14.3. The number of aromatic nitrogens is 2. The van der Waals surface area contributed by atoms with Crippen molar-refractivity contribution in [2.45, 2.75) is 46.1 Å². The van der Waals surface area contributed by atoms with Crippen LogP contribution in [0.3, 0.4) is 0 Å². The second kappa shape index (κ2) is 7.40. The number of fused-ring (bicyclic) bond motifs is 1. The maximum absolute atomic E-state index is 12.5. The summed E-state index contributed by atoms with van der Waals surface area (Å²) in [6, 6.07) is 7.18. The van der Waals surface area contributed by atoms with Crippen molar-refractivity contribution in [2.24, 2.45) is 13.0 Å². The smallest absolute Gasteiger partial charge is 0.274 e. The summed E-state index contributed by atoms with van der Waals surface area (Å²) in [6.07, 6.45) is 3.18. The normalized spacial score (nSPS) is 12.6. The van der Waals surface area contributed by atoms with Gasteiger partial charge < -0.3 is 5.32 Å². The van der Waals surface area contributed by atoms with Crippen LogP contribution in [0.15, 0.2) is 29.1 Å². The maximum atomic E-state index is 12.5. The highest BCUT2D eigenvalue weighted by Crippen LogP contribution is 2.14. The van der Waals surface area contributed by atoms with Crippen molar-refractivity contribution < 1.29 is 4.79 Å². The monoisotopic (exact) mass is 315 g/mol. The van der Waals surface area contributed by atoms with Crippen LogP contribution in [0.4, 0.5) is 0 Å². The molecule has 0 unspecified atom stereocenters. The van der Waals surface area contributed by atoms with Gasteiger partial charge in [0.15, 0.2) is 5.69 Å². The van der Waals surface area contributed by atoms with E-state index in [1.807, 2.05) is 13.0 Å². The molecule has 1 aromatic carbocycles. The number of nitrogens with one attached hydrogen (secondary N) is 1. The highest BCUT2D eigenvalue weighted by molar-refractivity contribution is 6.04. The first-order valence-electron chi connectivity index (χ1n) is 8.17. The Kier molecular flexibility index (Phi) is 5.53. The molecule has 124 valence electrons. The fraction of sp³-hybridized carbons (Fsp3) is 0.500. The fourth-order valence-electron chi connectivity index (χ4n) is 2.66. The van der Waals surface area contributed by atoms with Gasteiger partial charge in [-0.25, -0.2) is 4.68 Å². The predicted molar refractivity (Wildman–Crippen MR) is 92.6 cm³/mol. The number of carbonyl (C=O) groups is 1. The minimum absolute atomic E-state index is 0.0825. The van der Waals surface area contributed by atoms with Crippen molar-refractivity contribution in [3.05, 3.63) is 40.3 Å². The van der Waals surface area contributed by atoms with Gasteiger partial charge in [-0.05, 0) is 25.3 Å². The molecule has 1 amide bonds. The Hall–Kier alpha value is -2.17. The molecule has 0 spiro atoms. The van der Waals surface area contributed by atoms with Gasteiger partial charge >= 0.3 is 0 Å². The summed E-state index contributed by atoms with van der Waals surface area (Å²) in [5.74, 6) is 0.445. The van der Waals surface area contributed by atoms with Gasteiger partial charge in [-0.15, -0.1) is 0 Å². The molecular formula is C18H25N3O2. The molecule has 23 heavy (non-hydrogen) atoms. The molecule has 5 heteroatoms. The number of amides is 1. The van der Waals surface area contributed by atoms with Gasteiger partial charge in [0, 0.05) is 18.5 Å². The molecule has 0 bridgehead atoms. The first-order chi connectivity index (χ1) is 10.9. The average Bonchev–Trinajstić information content (AvgIpc) is 2.50. The van der Waals surface area contributed by atoms with Gasteiger partial charge in [0.25, 0.3) is 11.5 Å². The SMILES string of the molecule is CC(C)CCC[C@H](C)NC(=O)c1nn(C)c(=O)c2ccccc12. The van der Waals surface area contributed by atoms with E-state index in [-0.39, 0.29) is 17.5 Å².